The van der Waals surface area contributed by atoms with Crippen molar-refractivity contribution in [3.05, 3.63) is 81.8 Å². The van der Waals surface area contributed by atoms with Gasteiger partial charge >= 0.3 is 5.69 Å². The average Bonchev–Trinajstić information content (AvgIpc) is 3.52. The number of ether oxygens (including phenoxy) is 1. The summed E-state index contributed by atoms with van der Waals surface area (Å²) in [6.45, 7) is 0.367. The Labute approximate surface area is 213 Å². The van der Waals surface area contributed by atoms with E-state index in [-0.39, 0.29) is 48.5 Å². The van der Waals surface area contributed by atoms with Gasteiger partial charge in [-0.1, -0.05) is 12.1 Å². The first kappa shape index (κ1) is 23.0. The van der Waals surface area contributed by atoms with Crippen molar-refractivity contribution in [1.29, 1.82) is 0 Å². The molecule has 6 N–H and O–H groups in total. The Morgan fingerprint density at radius 3 is 2.55 bits per heavy atom. The monoisotopic (exact) mass is 512 g/mol. The van der Waals surface area contributed by atoms with E-state index < -0.39 is 5.91 Å². The van der Waals surface area contributed by atoms with Gasteiger partial charge in [0.1, 0.15) is 17.6 Å². The minimum Gasteiger partial charge on any atom is -0.482 e. The maximum absolute atomic E-state index is 12.9. The summed E-state index contributed by atoms with van der Waals surface area (Å²) >= 11 is 0. The molecule has 1 aliphatic heterocycles. The molecule has 3 amide bonds. The fourth-order valence-electron chi connectivity index (χ4n) is 4.26. The summed E-state index contributed by atoms with van der Waals surface area (Å²) in [7, 11) is 0. The summed E-state index contributed by atoms with van der Waals surface area (Å²) in [5, 5.41) is 8.35. The van der Waals surface area contributed by atoms with Gasteiger partial charge in [-0.2, -0.15) is 0 Å². The molecule has 4 heterocycles. The van der Waals surface area contributed by atoms with E-state index in [1.165, 1.54) is 12.5 Å². The van der Waals surface area contributed by atoms with Crippen LogP contribution >= 0.6 is 0 Å². The first-order chi connectivity index (χ1) is 18.4. The molecular formula is C25H20N8O5. The molecule has 0 spiro atoms. The molecule has 1 aliphatic rings. The maximum atomic E-state index is 12.9. The Morgan fingerprint density at radius 1 is 0.921 bits per heavy atom. The fourth-order valence-corrected chi connectivity index (χ4v) is 4.26. The highest BCUT2D eigenvalue weighted by atomic mass is 16.5. The number of benzene rings is 2. The third-order valence-corrected chi connectivity index (χ3v) is 6.09. The number of hydrogen-bond acceptors (Lipinski definition) is 7. The molecule has 0 unspecified atom stereocenters. The van der Waals surface area contributed by atoms with Crippen LogP contribution in [0.25, 0.3) is 22.1 Å². The summed E-state index contributed by atoms with van der Waals surface area (Å²) in [5.41, 5.74) is 4.09. The lowest BCUT2D eigenvalue weighted by Crippen LogP contribution is -2.26. The molecule has 6 rings (SSSR count). The Bertz CT molecular complexity index is 1800. The summed E-state index contributed by atoms with van der Waals surface area (Å²) < 4.78 is 5.35. The van der Waals surface area contributed by atoms with Gasteiger partial charge in [-0.15, -0.1) is 0 Å². The number of aromatic nitrogens is 5. The quantitative estimate of drug-likeness (QED) is 0.198. The predicted molar refractivity (Wildman–Crippen MR) is 136 cm³/mol. The number of nitrogens with one attached hydrogen (secondary N) is 6. The summed E-state index contributed by atoms with van der Waals surface area (Å²) in [6, 6.07) is 10.6. The molecule has 5 aromatic rings. The van der Waals surface area contributed by atoms with Crippen molar-refractivity contribution in [2.45, 2.75) is 13.1 Å². The zero-order chi connectivity index (χ0) is 26.2. The van der Waals surface area contributed by atoms with Crippen LogP contribution in [0.15, 0.2) is 53.7 Å². The number of fused-ring (bicyclic) bond motifs is 3. The average molecular weight is 512 g/mol. The topological polar surface area (TPSA) is 187 Å². The highest BCUT2D eigenvalue weighted by Gasteiger charge is 2.20. The highest BCUT2D eigenvalue weighted by Crippen LogP contribution is 2.28. The van der Waals surface area contributed by atoms with Crippen LogP contribution in [0.4, 0.5) is 5.69 Å². The largest absolute Gasteiger partial charge is 0.482 e. The van der Waals surface area contributed by atoms with Crippen LogP contribution in [0.5, 0.6) is 5.75 Å². The zero-order valence-electron chi connectivity index (χ0n) is 19.7. The molecule has 38 heavy (non-hydrogen) atoms. The van der Waals surface area contributed by atoms with Gasteiger partial charge in [-0.05, 0) is 35.4 Å². The standard InChI is InChI=1S/C25H20N8O5/c34-19-10-38-18-4-2-13(6-17(18)31-19)8-28-24(36)22-21-20(29-11-30-22)14(9-26-21)23(35)27-7-12-1-3-15-16(5-12)33-25(37)32-15/h1-6,9,11,26H,7-8,10H2,(H,27,35)(H,28,36)(H,31,34)(H2,32,33,37). The Kier molecular flexibility index (Phi) is 5.56. The second-order valence-corrected chi connectivity index (χ2v) is 8.64. The lowest BCUT2D eigenvalue weighted by Gasteiger charge is -2.18. The number of aromatic amines is 3. The molecule has 0 radical (unpaired) electrons. The van der Waals surface area contributed by atoms with Crippen molar-refractivity contribution in [3.8, 4) is 5.75 Å². The molecule has 0 saturated heterocycles. The lowest BCUT2D eigenvalue weighted by molar-refractivity contribution is -0.118. The van der Waals surface area contributed by atoms with Crippen molar-refractivity contribution in [1.82, 2.24) is 35.6 Å². The summed E-state index contributed by atoms with van der Waals surface area (Å²) in [4.78, 5) is 65.4. The molecule has 0 fully saturated rings. The van der Waals surface area contributed by atoms with Crippen molar-refractivity contribution in [2.75, 3.05) is 11.9 Å². The van der Waals surface area contributed by atoms with Crippen molar-refractivity contribution in [2.24, 2.45) is 0 Å². The van der Waals surface area contributed by atoms with E-state index in [4.69, 9.17) is 4.74 Å². The molecule has 13 heteroatoms. The lowest BCUT2D eigenvalue weighted by atomic mass is 10.1. The maximum Gasteiger partial charge on any atom is 0.323 e. The molecule has 0 atom stereocenters. The number of rotatable bonds is 6. The second-order valence-electron chi connectivity index (χ2n) is 8.64. The van der Waals surface area contributed by atoms with E-state index >= 15 is 0 Å². The van der Waals surface area contributed by atoms with Crippen LogP contribution in [-0.2, 0) is 17.9 Å². The minimum atomic E-state index is -0.460. The molecule has 2 aromatic carbocycles. The number of carbonyl (C=O) groups excluding carboxylic acids is 3. The number of hydrogen-bond donors (Lipinski definition) is 6. The van der Waals surface area contributed by atoms with Gasteiger partial charge in [0.05, 0.1) is 27.8 Å². The number of anilines is 1. The molecule has 0 saturated carbocycles. The summed E-state index contributed by atoms with van der Waals surface area (Å²) in [5.74, 6) is -0.527. The van der Waals surface area contributed by atoms with Gasteiger partial charge in [0.2, 0.25) is 0 Å². The van der Waals surface area contributed by atoms with Crippen LogP contribution in [0.1, 0.15) is 32.0 Å². The number of nitrogens with zero attached hydrogens (tertiary/aromatic N) is 2. The Balaban J connectivity index is 1.15. The molecule has 190 valence electrons. The van der Waals surface area contributed by atoms with Crippen molar-refractivity contribution >= 4 is 45.5 Å². The van der Waals surface area contributed by atoms with E-state index in [2.05, 4.69) is 40.9 Å². The van der Waals surface area contributed by atoms with Gasteiger partial charge in [0.25, 0.3) is 17.7 Å². The Hall–Kier alpha value is -5.46. The van der Waals surface area contributed by atoms with E-state index in [0.29, 0.717) is 33.5 Å². The van der Waals surface area contributed by atoms with Crippen molar-refractivity contribution in [3.63, 3.8) is 0 Å². The third kappa shape index (κ3) is 4.32. The van der Waals surface area contributed by atoms with Gasteiger partial charge in [-0.25, -0.2) is 14.8 Å². The van der Waals surface area contributed by atoms with Crippen LogP contribution in [0, 0.1) is 0 Å². The smallest absolute Gasteiger partial charge is 0.323 e. The highest BCUT2D eigenvalue weighted by molar-refractivity contribution is 6.10. The van der Waals surface area contributed by atoms with Gasteiger partial charge in [0.15, 0.2) is 12.3 Å². The first-order valence-corrected chi connectivity index (χ1v) is 11.6. The Morgan fingerprint density at radius 2 is 1.68 bits per heavy atom. The number of imidazole rings is 1. The van der Waals surface area contributed by atoms with Gasteiger partial charge in [-0.3, -0.25) is 14.4 Å². The van der Waals surface area contributed by atoms with Gasteiger partial charge in [0, 0.05) is 19.3 Å². The minimum absolute atomic E-state index is 0.0334. The summed E-state index contributed by atoms with van der Waals surface area (Å²) in [6.07, 6.45) is 2.70. The SMILES string of the molecule is O=C1COc2ccc(CNC(=O)c3ncnc4c(C(=O)NCc5ccc6[nH]c(=O)[nH]c6c5)c[nH]c34)cc2N1. The second kappa shape index (κ2) is 9.20. The molecule has 13 nitrogen and oxygen atoms in total. The molecule has 0 bridgehead atoms. The molecular weight excluding hydrogens is 492 g/mol. The van der Waals surface area contributed by atoms with E-state index in [1.54, 1.807) is 36.4 Å². The van der Waals surface area contributed by atoms with E-state index in [1.807, 2.05) is 0 Å². The number of carbonyl (C=O) groups is 3. The first-order valence-electron chi connectivity index (χ1n) is 11.6. The zero-order valence-corrected chi connectivity index (χ0v) is 19.7. The normalized spacial score (nSPS) is 12.6. The van der Waals surface area contributed by atoms with Crippen LogP contribution in [-0.4, -0.2) is 49.2 Å². The molecule has 3 aromatic heterocycles. The fraction of sp³-hybridized carbons (Fsp3) is 0.120. The van der Waals surface area contributed by atoms with Crippen LogP contribution in [0.2, 0.25) is 0 Å². The predicted octanol–water partition coefficient (Wildman–Crippen LogP) is 1.32. The van der Waals surface area contributed by atoms with E-state index in [9.17, 15) is 19.2 Å². The third-order valence-electron chi connectivity index (χ3n) is 6.09. The number of amides is 3. The van der Waals surface area contributed by atoms with E-state index in [0.717, 1.165) is 11.1 Å². The van der Waals surface area contributed by atoms with Crippen molar-refractivity contribution < 1.29 is 19.1 Å². The number of H-pyrrole nitrogens is 3. The van der Waals surface area contributed by atoms with Crippen LogP contribution < -0.4 is 26.4 Å². The van der Waals surface area contributed by atoms with Gasteiger partial charge < -0.3 is 35.6 Å². The van der Waals surface area contributed by atoms with Crippen LogP contribution in [0.3, 0.4) is 0 Å². The molecule has 0 aliphatic carbocycles.